The summed E-state index contributed by atoms with van der Waals surface area (Å²) in [6.45, 7) is 0. The molecule has 4 aromatic rings. The number of rotatable bonds is 3. The van der Waals surface area contributed by atoms with Crippen molar-refractivity contribution in [3.8, 4) is 0 Å². The first kappa shape index (κ1) is 13.5. The summed E-state index contributed by atoms with van der Waals surface area (Å²) in [6, 6.07) is 22.8. The van der Waals surface area contributed by atoms with Gasteiger partial charge in [0.15, 0.2) is 0 Å². The van der Waals surface area contributed by atoms with Crippen LogP contribution < -0.4 is 5.43 Å². The minimum absolute atomic E-state index is 0.869. The zero-order valence-electron chi connectivity index (χ0n) is 12.5. The molecule has 3 heteroatoms. The molecule has 0 spiro atoms. The van der Waals surface area contributed by atoms with Crippen LogP contribution in [0.4, 0.5) is 5.69 Å². The fourth-order valence-electron chi connectivity index (χ4n) is 2.79. The van der Waals surface area contributed by atoms with Gasteiger partial charge in [-0.15, -0.1) is 0 Å². The van der Waals surface area contributed by atoms with Gasteiger partial charge in [-0.2, -0.15) is 5.10 Å². The molecule has 0 fully saturated rings. The van der Waals surface area contributed by atoms with Gasteiger partial charge in [0.05, 0.1) is 18.1 Å². The van der Waals surface area contributed by atoms with Gasteiger partial charge in [-0.25, -0.2) is 0 Å². The molecule has 0 amide bonds. The summed E-state index contributed by atoms with van der Waals surface area (Å²) >= 11 is 0. The van der Waals surface area contributed by atoms with Crippen molar-refractivity contribution in [2.24, 2.45) is 5.10 Å². The summed E-state index contributed by atoms with van der Waals surface area (Å²) in [5, 5.41) is 9.22. The predicted molar refractivity (Wildman–Crippen MR) is 96.9 cm³/mol. The summed E-state index contributed by atoms with van der Waals surface area (Å²) in [6.07, 6.45) is 5.38. The number of hydrogen-bond acceptors (Lipinski definition) is 3. The van der Waals surface area contributed by atoms with E-state index >= 15 is 0 Å². The van der Waals surface area contributed by atoms with Crippen molar-refractivity contribution in [3.05, 3.63) is 84.7 Å². The molecule has 110 valence electrons. The Hall–Kier alpha value is -3.20. The van der Waals surface area contributed by atoms with Crippen LogP contribution in [0.3, 0.4) is 0 Å². The highest BCUT2D eigenvalue weighted by Crippen LogP contribution is 2.27. The number of anilines is 1. The Bertz CT molecular complexity index is 937. The van der Waals surface area contributed by atoms with Crippen molar-refractivity contribution in [2.75, 3.05) is 5.43 Å². The second kappa shape index (κ2) is 5.89. The molecule has 0 aliphatic heterocycles. The van der Waals surface area contributed by atoms with Gasteiger partial charge in [0.1, 0.15) is 0 Å². The van der Waals surface area contributed by atoms with Gasteiger partial charge in [-0.1, -0.05) is 48.5 Å². The van der Waals surface area contributed by atoms with Gasteiger partial charge in [0.25, 0.3) is 0 Å². The molecule has 0 atom stereocenters. The second-order valence-corrected chi connectivity index (χ2v) is 5.34. The average Bonchev–Trinajstić information content (AvgIpc) is 2.62. The minimum atomic E-state index is 0.869. The minimum Gasteiger partial charge on any atom is -0.277 e. The van der Waals surface area contributed by atoms with Crippen molar-refractivity contribution >= 4 is 33.4 Å². The van der Waals surface area contributed by atoms with Gasteiger partial charge in [0, 0.05) is 11.8 Å². The van der Waals surface area contributed by atoms with Crippen LogP contribution in [0.1, 0.15) is 5.56 Å². The number of fused-ring (bicyclic) bond motifs is 2. The Balaban J connectivity index is 1.83. The van der Waals surface area contributed by atoms with Crippen LogP contribution in [0.25, 0.3) is 21.5 Å². The van der Waals surface area contributed by atoms with Gasteiger partial charge in [-0.3, -0.25) is 10.4 Å². The largest absolute Gasteiger partial charge is 0.277 e. The monoisotopic (exact) mass is 297 g/mol. The lowest BCUT2D eigenvalue weighted by atomic mass is 9.97. The van der Waals surface area contributed by atoms with Gasteiger partial charge >= 0.3 is 0 Å². The molecule has 0 unspecified atom stereocenters. The third-order valence-corrected chi connectivity index (χ3v) is 3.86. The van der Waals surface area contributed by atoms with Crippen molar-refractivity contribution < 1.29 is 0 Å². The Kier molecular flexibility index (Phi) is 3.45. The van der Waals surface area contributed by atoms with E-state index in [1.54, 1.807) is 12.4 Å². The Labute approximate surface area is 134 Å². The topological polar surface area (TPSA) is 37.3 Å². The van der Waals surface area contributed by atoms with Gasteiger partial charge in [-0.05, 0) is 39.7 Å². The number of pyridine rings is 1. The van der Waals surface area contributed by atoms with Crippen LogP contribution in [0, 0.1) is 0 Å². The lowest BCUT2D eigenvalue weighted by Crippen LogP contribution is -1.93. The van der Waals surface area contributed by atoms with Crippen LogP contribution in [-0.4, -0.2) is 11.2 Å². The summed E-state index contributed by atoms with van der Waals surface area (Å²) < 4.78 is 0. The van der Waals surface area contributed by atoms with Crippen LogP contribution >= 0.6 is 0 Å². The van der Waals surface area contributed by atoms with E-state index < -0.39 is 0 Å². The summed E-state index contributed by atoms with van der Waals surface area (Å²) in [5.74, 6) is 0. The van der Waals surface area contributed by atoms with Crippen molar-refractivity contribution in [1.29, 1.82) is 0 Å². The maximum Gasteiger partial charge on any atom is 0.0745 e. The zero-order chi connectivity index (χ0) is 15.5. The van der Waals surface area contributed by atoms with E-state index in [0.29, 0.717) is 0 Å². The molecular weight excluding hydrogens is 282 g/mol. The first-order valence-corrected chi connectivity index (χ1v) is 7.51. The summed E-state index contributed by atoms with van der Waals surface area (Å²) in [4.78, 5) is 4.07. The van der Waals surface area contributed by atoms with Crippen molar-refractivity contribution in [1.82, 2.24) is 4.98 Å². The maximum atomic E-state index is 4.40. The van der Waals surface area contributed by atoms with E-state index in [4.69, 9.17) is 0 Å². The first-order valence-electron chi connectivity index (χ1n) is 7.51. The van der Waals surface area contributed by atoms with E-state index in [9.17, 15) is 0 Å². The summed E-state index contributed by atoms with van der Waals surface area (Å²) in [5.41, 5.74) is 5.02. The number of hydrazone groups is 1. The van der Waals surface area contributed by atoms with E-state index in [0.717, 1.165) is 11.3 Å². The van der Waals surface area contributed by atoms with E-state index in [1.165, 1.54) is 21.5 Å². The molecule has 0 aliphatic carbocycles. The van der Waals surface area contributed by atoms with Crippen LogP contribution in [0.15, 0.2) is 84.2 Å². The Morgan fingerprint density at radius 2 is 1.52 bits per heavy atom. The number of nitrogens with one attached hydrogen (secondary N) is 1. The third kappa shape index (κ3) is 2.64. The molecule has 4 rings (SSSR count). The molecule has 0 saturated carbocycles. The SMILES string of the molecule is C(=N\Nc1cccnc1)/c1c2ccccc2cc2ccccc12. The van der Waals surface area contributed by atoms with Crippen molar-refractivity contribution in [3.63, 3.8) is 0 Å². The smallest absolute Gasteiger partial charge is 0.0745 e. The van der Waals surface area contributed by atoms with E-state index in [1.807, 2.05) is 18.3 Å². The van der Waals surface area contributed by atoms with E-state index in [-0.39, 0.29) is 0 Å². The normalized spacial score (nSPS) is 11.3. The number of nitrogens with zero attached hydrogens (tertiary/aromatic N) is 2. The number of benzene rings is 3. The summed E-state index contributed by atoms with van der Waals surface area (Å²) in [7, 11) is 0. The molecule has 1 heterocycles. The molecular formula is C20H15N3. The molecule has 3 nitrogen and oxygen atoms in total. The molecule has 3 aromatic carbocycles. The van der Waals surface area contributed by atoms with Crippen LogP contribution in [0.2, 0.25) is 0 Å². The highest BCUT2D eigenvalue weighted by molar-refractivity contribution is 6.13. The zero-order valence-corrected chi connectivity index (χ0v) is 12.5. The lowest BCUT2D eigenvalue weighted by Gasteiger charge is -2.08. The van der Waals surface area contributed by atoms with Gasteiger partial charge in [0.2, 0.25) is 0 Å². The molecule has 1 aromatic heterocycles. The molecule has 0 bridgehead atoms. The molecule has 0 radical (unpaired) electrons. The van der Waals surface area contributed by atoms with E-state index in [2.05, 4.69) is 70.1 Å². The lowest BCUT2D eigenvalue weighted by molar-refractivity contribution is 1.27. The third-order valence-electron chi connectivity index (χ3n) is 3.86. The Morgan fingerprint density at radius 3 is 2.17 bits per heavy atom. The maximum absolute atomic E-state index is 4.40. The standard InChI is InChI=1S/C20H15N3/c1-3-9-18-15(6-1)12-16-7-2-4-10-19(16)20(18)14-22-23-17-8-5-11-21-13-17/h1-14,23H/b22-14+. The van der Waals surface area contributed by atoms with Crippen LogP contribution in [-0.2, 0) is 0 Å². The fraction of sp³-hybridized carbons (Fsp3) is 0. The highest BCUT2D eigenvalue weighted by Gasteiger charge is 2.05. The van der Waals surface area contributed by atoms with Crippen LogP contribution in [0.5, 0.6) is 0 Å². The fourth-order valence-corrected chi connectivity index (χ4v) is 2.79. The molecule has 1 N–H and O–H groups in total. The molecule has 23 heavy (non-hydrogen) atoms. The first-order chi connectivity index (χ1) is 11.4. The quantitative estimate of drug-likeness (QED) is 0.334. The second-order valence-electron chi connectivity index (χ2n) is 5.34. The Morgan fingerprint density at radius 1 is 0.826 bits per heavy atom. The predicted octanol–water partition coefficient (Wildman–Crippen LogP) is 4.83. The molecule has 0 saturated heterocycles. The number of hydrogen-bond donors (Lipinski definition) is 1. The van der Waals surface area contributed by atoms with Crippen molar-refractivity contribution in [2.45, 2.75) is 0 Å². The van der Waals surface area contributed by atoms with Gasteiger partial charge < -0.3 is 0 Å². The average molecular weight is 297 g/mol. The molecule has 0 aliphatic rings. The highest BCUT2D eigenvalue weighted by atomic mass is 15.3. The number of aromatic nitrogens is 1.